The van der Waals surface area contributed by atoms with E-state index in [1.54, 1.807) is 0 Å². The number of carbonyl (C=O) groups excluding carboxylic acids is 1. The van der Waals surface area contributed by atoms with Gasteiger partial charge in [-0.25, -0.2) is 4.39 Å². The Kier molecular flexibility index (Phi) is 5.35. The summed E-state index contributed by atoms with van der Waals surface area (Å²) in [5.41, 5.74) is 0.192. The number of nitro groups is 1. The zero-order valence-corrected chi connectivity index (χ0v) is 13.8. The zero-order chi connectivity index (χ0) is 17.0. The Bertz CT molecular complexity index is 801. The molecule has 6 nitrogen and oxygen atoms in total. The lowest BCUT2D eigenvalue weighted by Crippen LogP contribution is -2.34. The van der Waals surface area contributed by atoms with E-state index in [0.717, 1.165) is 6.07 Å². The molecule has 0 saturated carbocycles. The number of carbonyl (C=O) groups is 1. The molecule has 0 aliphatic carbocycles. The minimum Gasteiger partial charge on any atom is -0.331 e. The molecule has 2 aromatic carbocycles. The van der Waals surface area contributed by atoms with E-state index in [4.69, 9.17) is 12.2 Å². The molecular formula is C14H9BrFN3O3S. The molecule has 1 amide bonds. The quantitative estimate of drug-likeness (QED) is 0.469. The highest BCUT2D eigenvalue weighted by molar-refractivity contribution is 9.10. The van der Waals surface area contributed by atoms with Crippen LogP contribution in [0.1, 0.15) is 10.4 Å². The number of hydrogen-bond acceptors (Lipinski definition) is 4. The van der Waals surface area contributed by atoms with Crippen molar-refractivity contribution in [2.75, 3.05) is 5.32 Å². The van der Waals surface area contributed by atoms with Crippen LogP contribution < -0.4 is 10.6 Å². The topological polar surface area (TPSA) is 84.3 Å². The first-order chi connectivity index (χ1) is 10.9. The van der Waals surface area contributed by atoms with Gasteiger partial charge in [-0.2, -0.15) is 0 Å². The number of nitrogens with zero attached hydrogens (tertiary/aromatic N) is 1. The second-order valence-corrected chi connectivity index (χ2v) is 5.57. The smallest absolute Gasteiger partial charge is 0.270 e. The molecule has 0 saturated heterocycles. The number of nitrogens with one attached hydrogen (secondary N) is 2. The molecule has 0 fully saturated rings. The lowest BCUT2D eigenvalue weighted by Gasteiger charge is -2.11. The van der Waals surface area contributed by atoms with Crippen LogP contribution in [0.3, 0.4) is 0 Å². The molecule has 0 unspecified atom stereocenters. The van der Waals surface area contributed by atoms with Gasteiger partial charge in [0.05, 0.1) is 16.2 Å². The number of non-ortho nitro benzene ring substituents is 1. The molecule has 0 atom stereocenters. The van der Waals surface area contributed by atoms with Crippen LogP contribution in [0.5, 0.6) is 0 Å². The summed E-state index contributed by atoms with van der Waals surface area (Å²) in [5.74, 6) is -1.36. The van der Waals surface area contributed by atoms with E-state index in [1.807, 2.05) is 0 Å². The molecule has 0 aromatic heterocycles. The van der Waals surface area contributed by atoms with Gasteiger partial charge in [0.15, 0.2) is 5.11 Å². The molecule has 0 heterocycles. The molecule has 23 heavy (non-hydrogen) atoms. The monoisotopic (exact) mass is 397 g/mol. The zero-order valence-electron chi connectivity index (χ0n) is 11.4. The van der Waals surface area contributed by atoms with Crippen LogP contribution in [-0.4, -0.2) is 15.9 Å². The second-order valence-electron chi connectivity index (χ2n) is 4.31. The Labute approximate surface area is 144 Å². The van der Waals surface area contributed by atoms with Crippen molar-refractivity contribution < 1.29 is 14.1 Å². The minimum absolute atomic E-state index is 0.0622. The van der Waals surface area contributed by atoms with Gasteiger partial charge in [-0.15, -0.1) is 0 Å². The number of anilines is 1. The van der Waals surface area contributed by atoms with Crippen molar-refractivity contribution in [2.45, 2.75) is 0 Å². The van der Waals surface area contributed by atoms with E-state index in [-0.39, 0.29) is 16.4 Å². The summed E-state index contributed by atoms with van der Waals surface area (Å²) < 4.78 is 13.9. The van der Waals surface area contributed by atoms with Gasteiger partial charge in [0, 0.05) is 16.6 Å². The summed E-state index contributed by atoms with van der Waals surface area (Å²) >= 11 is 8.15. The Hall–Kier alpha value is -2.39. The van der Waals surface area contributed by atoms with Gasteiger partial charge in [-0.1, -0.05) is 12.1 Å². The molecule has 0 aliphatic heterocycles. The van der Waals surface area contributed by atoms with Crippen LogP contribution in [-0.2, 0) is 0 Å². The summed E-state index contributed by atoms with van der Waals surface area (Å²) in [6.07, 6.45) is 0. The maximum atomic E-state index is 13.5. The SMILES string of the molecule is O=C(NC(=S)Nc1ccc([N+](=O)[O-])cc1Br)c1ccccc1F. The molecule has 0 bridgehead atoms. The fraction of sp³-hybridized carbons (Fsp3) is 0. The molecule has 2 rings (SSSR count). The van der Waals surface area contributed by atoms with Gasteiger partial charge in [-0.3, -0.25) is 20.2 Å². The van der Waals surface area contributed by atoms with Crippen molar-refractivity contribution >= 4 is 50.5 Å². The number of halogens is 2. The predicted octanol–water partition coefficient (Wildman–Crippen LogP) is 3.62. The fourth-order valence-electron chi connectivity index (χ4n) is 1.69. The lowest BCUT2D eigenvalue weighted by atomic mass is 10.2. The fourth-order valence-corrected chi connectivity index (χ4v) is 2.36. The molecule has 9 heteroatoms. The summed E-state index contributed by atoms with van der Waals surface area (Å²) in [5, 5.41) is 15.6. The van der Waals surface area contributed by atoms with Gasteiger partial charge >= 0.3 is 0 Å². The molecule has 0 aliphatic rings. The highest BCUT2D eigenvalue weighted by Crippen LogP contribution is 2.27. The highest BCUT2D eigenvalue weighted by atomic mass is 79.9. The van der Waals surface area contributed by atoms with Crippen LogP contribution in [0.15, 0.2) is 46.9 Å². The Morgan fingerprint density at radius 3 is 2.57 bits per heavy atom. The Balaban J connectivity index is 2.07. The number of rotatable bonds is 3. The van der Waals surface area contributed by atoms with Crippen LogP contribution in [0.25, 0.3) is 0 Å². The summed E-state index contributed by atoms with van der Waals surface area (Å²) in [7, 11) is 0. The summed E-state index contributed by atoms with van der Waals surface area (Å²) in [6.45, 7) is 0. The van der Waals surface area contributed by atoms with Crippen molar-refractivity contribution in [1.29, 1.82) is 0 Å². The van der Waals surface area contributed by atoms with Crippen molar-refractivity contribution in [2.24, 2.45) is 0 Å². The molecule has 2 aromatic rings. The number of benzene rings is 2. The number of nitro benzene ring substituents is 1. The lowest BCUT2D eigenvalue weighted by molar-refractivity contribution is -0.384. The normalized spacial score (nSPS) is 10.0. The molecule has 0 radical (unpaired) electrons. The first kappa shape index (κ1) is 17.0. The van der Waals surface area contributed by atoms with Gasteiger partial charge in [0.1, 0.15) is 5.82 Å². The predicted molar refractivity (Wildman–Crippen MR) is 90.9 cm³/mol. The molecular weight excluding hydrogens is 389 g/mol. The third kappa shape index (κ3) is 4.30. The average molecular weight is 398 g/mol. The maximum Gasteiger partial charge on any atom is 0.270 e. The Morgan fingerprint density at radius 2 is 1.96 bits per heavy atom. The van der Waals surface area contributed by atoms with Gasteiger partial charge in [-0.05, 0) is 46.3 Å². The molecule has 118 valence electrons. The summed E-state index contributed by atoms with van der Waals surface area (Å²) in [6, 6.07) is 9.51. The first-order valence-corrected chi connectivity index (χ1v) is 7.39. The van der Waals surface area contributed by atoms with E-state index in [1.165, 1.54) is 36.4 Å². The maximum absolute atomic E-state index is 13.5. The van der Waals surface area contributed by atoms with Crippen molar-refractivity contribution in [1.82, 2.24) is 5.32 Å². The third-order valence-electron chi connectivity index (χ3n) is 2.76. The Morgan fingerprint density at radius 1 is 1.26 bits per heavy atom. The standard InChI is InChI=1S/C14H9BrFN3O3S/c15-10-7-8(19(21)22)5-6-12(10)17-14(23)18-13(20)9-3-1-2-4-11(9)16/h1-7H,(H2,17,18,20,23). The minimum atomic E-state index is -0.696. The van der Waals surface area contributed by atoms with Gasteiger partial charge in [0.25, 0.3) is 11.6 Å². The van der Waals surface area contributed by atoms with Gasteiger partial charge in [0.2, 0.25) is 0 Å². The van der Waals surface area contributed by atoms with Crippen LogP contribution >= 0.6 is 28.1 Å². The van der Waals surface area contributed by atoms with E-state index in [9.17, 15) is 19.3 Å². The number of thiocarbonyl (C=S) groups is 1. The van der Waals surface area contributed by atoms with E-state index < -0.39 is 16.6 Å². The van der Waals surface area contributed by atoms with Gasteiger partial charge < -0.3 is 5.32 Å². The van der Waals surface area contributed by atoms with E-state index in [2.05, 4.69) is 26.6 Å². The van der Waals surface area contributed by atoms with E-state index >= 15 is 0 Å². The van der Waals surface area contributed by atoms with Crippen LogP contribution in [0.2, 0.25) is 0 Å². The van der Waals surface area contributed by atoms with Crippen LogP contribution in [0, 0.1) is 15.9 Å². The number of amides is 1. The largest absolute Gasteiger partial charge is 0.331 e. The van der Waals surface area contributed by atoms with Crippen LogP contribution in [0.4, 0.5) is 15.8 Å². The van der Waals surface area contributed by atoms with Crippen molar-refractivity contribution in [3.05, 3.63) is 68.4 Å². The van der Waals surface area contributed by atoms with Crippen molar-refractivity contribution in [3.8, 4) is 0 Å². The first-order valence-electron chi connectivity index (χ1n) is 6.19. The molecule has 0 spiro atoms. The second kappa shape index (κ2) is 7.25. The highest BCUT2D eigenvalue weighted by Gasteiger charge is 2.14. The van der Waals surface area contributed by atoms with E-state index in [0.29, 0.717) is 10.2 Å². The van der Waals surface area contributed by atoms with Crippen molar-refractivity contribution in [3.63, 3.8) is 0 Å². The molecule has 2 N–H and O–H groups in total. The average Bonchev–Trinajstić information content (AvgIpc) is 2.49. The summed E-state index contributed by atoms with van der Waals surface area (Å²) in [4.78, 5) is 22.0. The number of hydrogen-bond donors (Lipinski definition) is 2. The third-order valence-corrected chi connectivity index (χ3v) is 3.62.